The van der Waals surface area contributed by atoms with Gasteiger partial charge in [0.1, 0.15) is 12.2 Å². The summed E-state index contributed by atoms with van der Waals surface area (Å²) in [6, 6.07) is 3.91. The van der Waals surface area contributed by atoms with Gasteiger partial charge < -0.3 is 30.3 Å². The van der Waals surface area contributed by atoms with Crippen molar-refractivity contribution in [3.05, 3.63) is 41.5 Å². The zero-order valence-corrected chi connectivity index (χ0v) is 12.4. The summed E-state index contributed by atoms with van der Waals surface area (Å²) < 4.78 is 4.94. The molecule has 0 aromatic heterocycles. The van der Waals surface area contributed by atoms with Gasteiger partial charge in [0.05, 0.1) is 6.10 Å². The third kappa shape index (κ3) is 4.12. The van der Waals surface area contributed by atoms with Crippen molar-refractivity contribution in [3.63, 3.8) is 0 Å². The number of hydrogen-bond acceptors (Lipinski definition) is 7. The number of rotatable bonds is 4. The number of esters is 1. The molecule has 8 heteroatoms. The summed E-state index contributed by atoms with van der Waals surface area (Å²) in [7, 11) is 0. The molecule has 0 aliphatic heterocycles. The molecule has 8 nitrogen and oxygen atoms in total. The molecule has 5 N–H and O–H groups in total. The number of benzene rings is 1. The summed E-state index contributed by atoms with van der Waals surface area (Å²) in [4.78, 5) is 22.7. The lowest BCUT2D eigenvalue weighted by atomic mass is 9.92. The van der Waals surface area contributed by atoms with Crippen molar-refractivity contribution >= 4 is 18.0 Å². The van der Waals surface area contributed by atoms with Crippen molar-refractivity contribution in [1.82, 2.24) is 0 Å². The molecular formula is C16H16O8. The fourth-order valence-corrected chi connectivity index (χ4v) is 2.17. The molecule has 128 valence electrons. The quantitative estimate of drug-likeness (QED) is 0.297. The van der Waals surface area contributed by atoms with E-state index in [1.807, 2.05) is 0 Å². The van der Waals surface area contributed by atoms with Gasteiger partial charge in [-0.2, -0.15) is 0 Å². The predicted octanol–water partition coefficient (Wildman–Crippen LogP) is 0.159. The van der Waals surface area contributed by atoms with Crippen LogP contribution in [-0.4, -0.2) is 55.8 Å². The number of aliphatic hydroxyl groups is 2. The van der Waals surface area contributed by atoms with E-state index in [2.05, 4.69) is 0 Å². The molecule has 0 amide bonds. The summed E-state index contributed by atoms with van der Waals surface area (Å²) in [5.41, 5.74) is 0.256. The van der Waals surface area contributed by atoms with Crippen molar-refractivity contribution < 1.29 is 39.9 Å². The van der Waals surface area contributed by atoms with Gasteiger partial charge in [0.2, 0.25) is 0 Å². The second-order valence-electron chi connectivity index (χ2n) is 5.24. The molecule has 0 saturated heterocycles. The van der Waals surface area contributed by atoms with E-state index in [9.17, 15) is 30.0 Å². The van der Waals surface area contributed by atoms with Gasteiger partial charge in [0.25, 0.3) is 0 Å². The standard InChI is InChI=1S/C16H16O8/c17-10-3-1-8(5-11(10)18)2-4-14(20)24-13-7-9(16(22)23)6-12(19)15(13)21/h1-5,7,12-13,15,17-19,21H,6H2,(H,22,23). The zero-order chi connectivity index (χ0) is 17.9. The average molecular weight is 336 g/mol. The van der Waals surface area contributed by atoms with Crippen LogP contribution in [0.1, 0.15) is 12.0 Å². The van der Waals surface area contributed by atoms with Gasteiger partial charge >= 0.3 is 11.9 Å². The smallest absolute Gasteiger partial charge is 0.331 e. The first-order valence-electron chi connectivity index (χ1n) is 6.98. The molecule has 0 fully saturated rings. The summed E-state index contributed by atoms with van der Waals surface area (Å²) in [5.74, 6) is -2.80. The van der Waals surface area contributed by atoms with Gasteiger partial charge in [-0.15, -0.1) is 0 Å². The number of phenols is 2. The molecule has 1 aliphatic rings. The lowest BCUT2D eigenvalue weighted by Gasteiger charge is -2.28. The Kier molecular flexibility index (Phi) is 5.22. The lowest BCUT2D eigenvalue weighted by Crippen LogP contribution is -2.43. The van der Waals surface area contributed by atoms with Gasteiger partial charge in [0.15, 0.2) is 11.5 Å². The van der Waals surface area contributed by atoms with E-state index < -0.39 is 30.3 Å². The Morgan fingerprint density at radius 1 is 1.17 bits per heavy atom. The number of carbonyl (C=O) groups is 2. The summed E-state index contributed by atoms with van der Waals surface area (Å²) in [6.45, 7) is 0. The molecule has 24 heavy (non-hydrogen) atoms. The predicted molar refractivity (Wildman–Crippen MR) is 81.0 cm³/mol. The van der Waals surface area contributed by atoms with E-state index in [0.29, 0.717) is 5.56 Å². The molecule has 1 aromatic rings. The molecule has 0 saturated carbocycles. The van der Waals surface area contributed by atoms with E-state index in [1.54, 1.807) is 0 Å². The highest BCUT2D eigenvalue weighted by atomic mass is 16.6. The Labute approximate surface area is 136 Å². The van der Waals surface area contributed by atoms with E-state index in [-0.39, 0.29) is 23.5 Å². The monoisotopic (exact) mass is 336 g/mol. The van der Waals surface area contributed by atoms with Gasteiger partial charge in [-0.25, -0.2) is 9.59 Å². The minimum Gasteiger partial charge on any atom is -0.504 e. The maximum atomic E-state index is 11.8. The van der Waals surface area contributed by atoms with E-state index in [1.165, 1.54) is 24.3 Å². The Morgan fingerprint density at radius 2 is 1.88 bits per heavy atom. The van der Waals surface area contributed by atoms with Crippen LogP contribution in [0.2, 0.25) is 0 Å². The second kappa shape index (κ2) is 7.16. The summed E-state index contributed by atoms with van der Waals surface area (Å²) in [5, 5.41) is 46.9. The lowest BCUT2D eigenvalue weighted by molar-refractivity contribution is -0.151. The largest absolute Gasteiger partial charge is 0.504 e. The minimum atomic E-state index is -1.43. The molecule has 3 atom stereocenters. The number of carboxylic acids is 1. The Hall–Kier alpha value is -2.84. The first-order chi connectivity index (χ1) is 11.3. The number of phenolic OH excluding ortho intramolecular Hbond substituents is 2. The van der Waals surface area contributed by atoms with Crippen LogP contribution in [0.15, 0.2) is 35.9 Å². The van der Waals surface area contributed by atoms with Gasteiger partial charge in [-0.1, -0.05) is 6.07 Å². The molecule has 2 rings (SSSR count). The van der Waals surface area contributed by atoms with Gasteiger partial charge in [-0.05, 0) is 29.8 Å². The van der Waals surface area contributed by atoms with Crippen molar-refractivity contribution in [2.45, 2.75) is 24.7 Å². The molecule has 0 spiro atoms. The third-order valence-electron chi connectivity index (χ3n) is 3.46. The number of ether oxygens (including phenoxy) is 1. The molecule has 3 unspecified atom stereocenters. The number of aliphatic hydroxyl groups excluding tert-OH is 2. The van der Waals surface area contributed by atoms with Crippen molar-refractivity contribution in [2.24, 2.45) is 0 Å². The van der Waals surface area contributed by atoms with Crippen LogP contribution in [0.5, 0.6) is 11.5 Å². The van der Waals surface area contributed by atoms with Crippen LogP contribution in [-0.2, 0) is 14.3 Å². The fraction of sp³-hybridized carbons (Fsp3) is 0.250. The number of aromatic hydroxyl groups is 2. The topological polar surface area (TPSA) is 145 Å². The molecular weight excluding hydrogens is 320 g/mol. The number of carboxylic acid groups (broad SMARTS) is 1. The third-order valence-corrected chi connectivity index (χ3v) is 3.46. The van der Waals surface area contributed by atoms with Crippen LogP contribution in [0.3, 0.4) is 0 Å². The van der Waals surface area contributed by atoms with E-state index in [0.717, 1.165) is 12.2 Å². The molecule has 0 radical (unpaired) electrons. The maximum Gasteiger partial charge on any atom is 0.331 e. The number of carbonyl (C=O) groups excluding carboxylic acids is 1. The molecule has 0 heterocycles. The Bertz CT molecular complexity index is 706. The second-order valence-corrected chi connectivity index (χ2v) is 5.24. The normalized spacial score (nSPS) is 23.8. The summed E-state index contributed by atoms with van der Waals surface area (Å²) in [6.07, 6.45) is -0.918. The van der Waals surface area contributed by atoms with Crippen LogP contribution >= 0.6 is 0 Å². The first-order valence-corrected chi connectivity index (χ1v) is 6.98. The number of hydrogen-bond donors (Lipinski definition) is 5. The SMILES string of the molecule is O=C(C=Cc1ccc(O)c(O)c1)OC1C=C(C(=O)O)CC(O)C1O. The Morgan fingerprint density at radius 3 is 2.50 bits per heavy atom. The average Bonchev–Trinajstić information content (AvgIpc) is 2.52. The van der Waals surface area contributed by atoms with Crippen LogP contribution in [0, 0.1) is 0 Å². The van der Waals surface area contributed by atoms with E-state index in [4.69, 9.17) is 9.84 Å². The number of aliphatic carboxylic acids is 1. The minimum absolute atomic E-state index is 0.155. The van der Waals surface area contributed by atoms with E-state index >= 15 is 0 Å². The molecule has 1 aliphatic carbocycles. The Balaban J connectivity index is 2.07. The highest BCUT2D eigenvalue weighted by Crippen LogP contribution is 2.25. The van der Waals surface area contributed by atoms with Crippen LogP contribution in [0.4, 0.5) is 0 Å². The van der Waals surface area contributed by atoms with Crippen molar-refractivity contribution in [2.75, 3.05) is 0 Å². The van der Waals surface area contributed by atoms with Crippen LogP contribution < -0.4 is 0 Å². The maximum absolute atomic E-state index is 11.8. The highest BCUT2D eigenvalue weighted by Gasteiger charge is 2.34. The van der Waals surface area contributed by atoms with Gasteiger partial charge in [0, 0.05) is 18.1 Å². The molecule has 1 aromatic carbocycles. The van der Waals surface area contributed by atoms with Crippen LogP contribution in [0.25, 0.3) is 6.08 Å². The van der Waals surface area contributed by atoms with Gasteiger partial charge in [-0.3, -0.25) is 0 Å². The highest BCUT2D eigenvalue weighted by molar-refractivity contribution is 5.89. The fourth-order valence-electron chi connectivity index (χ4n) is 2.17. The summed E-state index contributed by atoms with van der Waals surface area (Å²) >= 11 is 0. The van der Waals surface area contributed by atoms with Crippen molar-refractivity contribution in [3.8, 4) is 11.5 Å². The zero-order valence-electron chi connectivity index (χ0n) is 12.4. The first kappa shape index (κ1) is 17.5. The molecule has 0 bridgehead atoms. The van der Waals surface area contributed by atoms with Crippen molar-refractivity contribution in [1.29, 1.82) is 0 Å².